The third-order valence-electron chi connectivity index (χ3n) is 5.87. The van der Waals surface area contributed by atoms with Crippen LogP contribution in [0.1, 0.15) is 37.9 Å². The number of H-pyrrole nitrogens is 1. The molecule has 164 valence electrons. The number of aryl methyl sites for hydroxylation is 2. The van der Waals surface area contributed by atoms with Gasteiger partial charge in [-0.1, -0.05) is 0 Å². The van der Waals surface area contributed by atoms with Gasteiger partial charge in [0.15, 0.2) is 5.03 Å². The van der Waals surface area contributed by atoms with Gasteiger partial charge in [0.25, 0.3) is 10.0 Å². The molecule has 0 radical (unpaired) electrons. The molecule has 4 rings (SSSR count). The van der Waals surface area contributed by atoms with Gasteiger partial charge in [-0.25, -0.2) is 18.5 Å². The summed E-state index contributed by atoms with van der Waals surface area (Å²) in [5.74, 6) is 1.14. The van der Waals surface area contributed by atoms with Crippen LogP contribution in [-0.4, -0.2) is 69.5 Å². The number of aromatic nitrogens is 5. The van der Waals surface area contributed by atoms with Crippen molar-refractivity contribution < 1.29 is 13.2 Å². The second kappa shape index (κ2) is 8.34. The Bertz CT molecular complexity index is 981. The number of sulfonamides is 1. The smallest absolute Gasteiger partial charge is 0.262 e. The highest BCUT2D eigenvalue weighted by atomic mass is 32.2. The van der Waals surface area contributed by atoms with Crippen molar-refractivity contribution in [3.63, 3.8) is 0 Å². The zero-order chi connectivity index (χ0) is 21.3. The molecule has 12 heteroatoms. The molecule has 2 saturated heterocycles. The maximum Gasteiger partial charge on any atom is 0.262 e. The highest BCUT2D eigenvalue weighted by Crippen LogP contribution is 2.24. The molecule has 30 heavy (non-hydrogen) atoms. The molecule has 2 N–H and O–H groups in total. The van der Waals surface area contributed by atoms with Crippen LogP contribution in [-0.2, 0) is 21.9 Å². The van der Waals surface area contributed by atoms with Crippen molar-refractivity contribution in [2.75, 3.05) is 36.4 Å². The van der Waals surface area contributed by atoms with E-state index in [2.05, 4.69) is 30.4 Å². The molecule has 2 aliphatic rings. The number of carbonyl (C=O) groups excluding carboxylic acids is 1. The normalized spacial score (nSPS) is 19.2. The number of hydrogen-bond donors (Lipinski definition) is 2. The van der Waals surface area contributed by atoms with Crippen LogP contribution in [0.4, 0.5) is 11.9 Å². The number of imidazole rings is 1. The topological polar surface area (TPSA) is 129 Å². The first-order valence-corrected chi connectivity index (χ1v) is 11.8. The minimum absolute atomic E-state index is 0.0531. The number of amides is 1. The van der Waals surface area contributed by atoms with Crippen molar-refractivity contribution in [3.05, 3.63) is 12.0 Å². The van der Waals surface area contributed by atoms with Crippen molar-refractivity contribution in [1.82, 2.24) is 29.0 Å². The fourth-order valence-electron chi connectivity index (χ4n) is 3.90. The highest BCUT2D eigenvalue weighted by molar-refractivity contribution is 7.89. The molecule has 0 saturated carbocycles. The quantitative estimate of drug-likeness (QED) is 0.712. The lowest BCUT2D eigenvalue weighted by atomic mass is 9.97. The van der Waals surface area contributed by atoms with E-state index < -0.39 is 10.0 Å². The van der Waals surface area contributed by atoms with Crippen LogP contribution in [0.5, 0.6) is 0 Å². The molecule has 2 fully saturated rings. The third kappa shape index (κ3) is 4.19. The van der Waals surface area contributed by atoms with Crippen LogP contribution in [0.2, 0.25) is 0 Å². The van der Waals surface area contributed by atoms with Gasteiger partial charge in [-0.2, -0.15) is 9.29 Å². The first-order valence-electron chi connectivity index (χ1n) is 10.3. The first-order chi connectivity index (χ1) is 14.3. The Morgan fingerprint density at radius 1 is 1.13 bits per heavy atom. The lowest BCUT2D eigenvalue weighted by Gasteiger charge is -2.29. The molecule has 2 aliphatic heterocycles. The van der Waals surface area contributed by atoms with E-state index in [4.69, 9.17) is 0 Å². The van der Waals surface area contributed by atoms with Crippen molar-refractivity contribution >= 4 is 27.8 Å². The number of carbonyl (C=O) groups is 1. The molecule has 2 aromatic rings. The Labute approximate surface area is 175 Å². The van der Waals surface area contributed by atoms with E-state index in [9.17, 15) is 13.2 Å². The Hall–Kier alpha value is -2.47. The molecular formula is C18H28N8O3S. The Morgan fingerprint density at radius 3 is 2.47 bits per heavy atom. The summed E-state index contributed by atoms with van der Waals surface area (Å²) >= 11 is 0. The number of hydrogen-bond acceptors (Lipinski definition) is 7. The predicted octanol–water partition coefficient (Wildman–Crippen LogP) is 0.876. The van der Waals surface area contributed by atoms with Crippen LogP contribution in [0.15, 0.2) is 11.2 Å². The molecule has 4 heterocycles. The van der Waals surface area contributed by atoms with Gasteiger partial charge in [-0.05, 0) is 39.0 Å². The maximum atomic E-state index is 12.8. The molecule has 0 atom stereocenters. The van der Waals surface area contributed by atoms with Crippen molar-refractivity contribution in [2.45, 2.75) is 44.1 Å². The van der Waals surface area contributed by atoms with Crippen molar-refractivity contribution in [1.29, 1.82) is 0 Å². The summed E-state index contributed by atoms with van der Waals surface area (Å²) in [4.78, 5) is 23.3. The number of nitrogens with zero attached hydrogens (tertiary/aromatic N) is 6. The van der Waals surface area contributed by atoms with E-state index in [0.29, 0.717) is 30.6 Å². The average Bonchev–Trinajstić information content (AvgIpc) is 3.35. The fourth-order valence-corrected chi connectivity index (χ4v) is 5.40. The average molecular weight is 437 g/mol. The van der Waals surface area contributed by atoms with Crippen LogP contribution in [0.3, 0.4) is 0 Å². The van der Waals surface area contributed by atoms with Gasteiger partial charge in [0.1, 0.15) is 5.82 Å². The maximum absolute atomic E-state index is 12.8. The summed E-state index contributed by atoms with van der Waals surface area (Å²) in [6, 6.07) is 0. The van der Waals surface area contributed by atoms with E-state index >= 15 is 0 Å². The lowest BCUT2D eigenvalue weighted by Crippen LogP contribution is -2.41. The van der Waals surface area contributed by atoms with E-state index in [-0.39, 0.29) is 29.9 Å². The summed E-state index contributed by atoms with van der Waals surface area (Å²) in [6.07, 6.45) is 5.88. The van der Waals surface area contributed by atoms with Gasteiger partial charge in [-0.3, -0.25) is 10.1 Å². The van der Waals surface area contributed by atoms with Crippen LogP contribution >= 0.6 is 0 Å². The molecular weight excluding hydrogens is 408 g/mol. The molecule has 0 spiro atoms. The first kappa shape index (κ1) is 20.8. The molecule has 2 aromatic heterocycles. The summed E-state index contributed by atoms with van der Waals surface area (Å²) in [6.45, 7) is 4.18. The van der Waals surface area contributed by atoms with Crippen LogP contribution in [0, 0.1) is 12.8 Å². The zero-order valence-corrected chi connectivity index (χ0v) is 18.2. The second-order valence-electron chi connectivity index (χ2n) is 7.94. The summed E-state index contributed by atoms with van der Waals surface area (Å²) in [5.41, 5.74) is 0. The van der Waals surface area contributed by atoms with Crippen molar-refractivity contribution in [3.8, 4) is 0 Å². The Morgan fingerprint density at radius 2 is 1.83 bits per heavy atom. The zero-order valence-electron chi connectivity index (χ0n) is 17.3. The molecule has 0 unspecified atom stereocenters. The van der Waals surface area contributed by atoms with E-state index in [1.54, 1.807) is 18.5 Å². The fraction of sp³-hybridized carbons (Fsp3) is 0.667. The SMILES string of the molecule is Cc1nc(S(=O)(=O)N2CCC(C(=O)Nc3nc(N4CCCCC4)n[nH]3)CC2)cn1C. The second-order valence-corrected chi connectivity index (χ2v) is 9.82. The summed E-state index contributed by atoms with van der Waals surface area (Å²) in [7, 11) is -1.88. The van der Waals surface area contributed by atoms with Crippen LogP contribution in [0.25, 0.3) is 0 Å². The number of aromatic amines is 1. The predicted molar refractivity (Wildman–Crippen MR) is 111 cm³/mol. The monoisotopic (exact) mass is 436 g/mol. The van der Waals surface area contributed by atoms with Gasteiger partial charge in [0.2, 0.25) is 17.8 Å². The molecule has 11 nitrogen and oxygen atoms in total. The third-order valence-corrected chi connectivity index (χ3v) is 7.64. The van der Waals surface area contributed by atoms with Gasteiger partial charge >= 0.3 is 0 Å². The summed E-state index contributed by atoms with van der Waals surface area (Å²) in [5, 5.41) is 9.83. The highest BCUT2D eigenvalue weighted by Gasteiger charge is 2.34. The van der Waals surface area contributed by atoms with E-state index in [1.165, 1.54) is 16.9 Å². The van der Waals surface area contributed by atoms with Gasteiger partial charge in [-0.15, -0.1) is 5.10 Å². The number of anilines is 2. The van der Waals surface area contributed by atoms with Gasteiger partial charge in [0.05, 0.1) is 0 Å². The van der Waals surface area contributed by atoms with E-state index in [1.807, 2.05) is 0 Å². The van der Waals surface area contributed by atoms with Gasteiger partial charge in [0, 0.05) is 45.3 Å². The minimum Gasteiger partial charge on any atom is -0.340 e. The van der Waals surface area contributed by atoms with Crippen molar-refractivity contribution in [2.24, 2.45) is 13.0 Å². The number of nitrogens with one attached hydrogen (secondary N) is 2. The molecule has 1 amide bonds. The largest absolute Gasteiger partial charge is 0.340 e. The Kier molecular flexibility index (Phi) is 5.78. The van der Waals surface area contributed by atoms with Crippen LogP contribution < -0.4 is 10.2 Å². The molecule has 0 bridgehead atoms. The molecule has 0 aromatic carbocycles. The summed E-state index contributed by atoms with van der Waals surface area (Å²) < 4.78 is 28.7. The minimum atomic E-state index is -3.65. The number of rotatable bonds is 5. The Balaban J connectivity index is 1.33. The van der Waals surface area contributed by atoms with E-state index in [0.717, 1.165) is 25.9 Å². The lowest BCUT2D eigenvalue weighted by molar-refractivity contribution is -0.121. The standard InChI is InChI=1S/C18H28N8O3S/c1-13-19-15(12-24(13)2)30(28,29)26-10-6-14(7-11-26)16(27)20-17-21-18(23-22-17)25-8-4-3-5-9-25/h12,14H,3-11H2,1-2H3,(H2,20,21,22,23,27). The van der Waals surface area contributed by atoms with Gasteiger partial charge < -0.3 is 9.47 Å². The number of piperidine rings is 2. The molecule has 0 aliphatic carbocycles.